The molecule has 1 aromatic rings. The van der Waals surface area contributed by atoms with Crippen LogP contribution in [-0.4, -0.2) is 41.9 Å². The molecule has 1 aliphatic heterocycles. The number of hydrogen-bond acceptors (Lipinski definition) is 5. The van der Waals surface area contributed by atoms with Crippen molar-refractivity contribution in [3.8, 4) is 0 Å². The summed E-state index contributed by atoms with van der Waals surface area (Å²) in [6.45, 7) is 2.82. The van der Waals surface area contributed by atoms with Crippen LogP contribution in [0.5, 0.6) is 0 Å². The number of likely N-dealkylation sites (tertiary alicyclic amines) is 1. The third-order valence-electron chi connectivity index (χ3n) is 4.39. The second-order valence-electron chi connectivity index (χ2n) is 5.65. The quantitative estimate of drug-likeness (QED) is 0.818. The number of ether oxygens (including phenoxy) is 1. The van der Waals surface area contributed by atoms with E-state index >= 15 is 0 Å². The van der Waals surface area contributed by atoms with Gasteiger partial charge < -0.3 is 9.15 Å². The fourth-order valence-electron chi connectivity index (χ4n) is 2.95. The molecule has 1 saturated heterocycles. The Kier molecular flexibility index (Phi) is 4.13. The van der Waals surface area contributed by atoms with Crippen LogP contribution < -0.4 is 0 Å². The van der Waals surface area contributed by atoms with Gasteiger partial charge in [0.1, 0.15) is 0 Å². The highest BCUT2D eigenvalue weighted by Crippen LogP contribution is 2.37. The number of piperidine rings is 1. The fraction of sp³-hybridized carbons (Fsp3) is 0.857. The first-order valence-electron chi connectivity index (χ1n) is 7.45. The number of aromatic nitrogens is 2. The first-order valence-corrected chi connectivity index (χ1v) is 7.45. The van der Waals surface area contributed by atoms with Crippen molar-refractivity contribution in [2.45, 2.75) is 50.5 Å². The van der Waals surface area contributed by atoms with E-state index in [-0.39, 0.29) is 0 Å². The van der Waals surface area contributed by atoms with Gasteiger partial charge in [-0.15, -0.1) is 10.2 Å². The minimum absolute atomic E-state index is 0.297. The van der Waals surface area contributed by atoms with E-state index in [0.29, 0.717) is 12.0 Å². The van der Waals surface area contributed by atoms with Gasteiger partial charge in [-0.1, -0.05) is 12.8 Å². The van der Waals surface area contributed by atoms with E-state index in [4.69, 9.17) is 9.15 Å². The second kappa shape index (κ2) is 6.01. The third kappa shape index (κ3) is 2.82. The van der Waals surface area contributed by atoms with Crippen LogP contribution in [0.15, 0.2) is 4.42 Å². The molecule has 2 aliphatic rings. The third-order valence-corrected chi connectivity index (χ3v) is 4.39. The van der Waals surface area contributed by atoms with Crippen LogP contribution in [0.25, 0.3) is 0 Å². The Morgan fingerprint density at radius 2 is 2.00 bits per heavy atom. The zero-order valence-electron chi connectivity index (χ0n) is 11.7. The standard InChI is InChI=1S/C14H23N3O2/c1-18-10-9-17-8-3-2-7-12(17)14-16-15-13(19-14)11-5-4-6-11/h11-12H,2-10H2,1H3/t12-/m0/s1. The molecule has 2 heterocycles. The Bertz CT molecular complexity index is 403. The van der Waals surface area contributed by atoms with E-state index in [1.807, 2.05) is 0 Å². The molecule has 0 bridgehead atoms. The molecular weight excluding hydrogens is 242 g/mol. The van der Waals surface area contributed by atoms with Crippen LogP contribution in [0.2, 0.25) is 0 Å². The van der Waals surface area contributed by atoms with Crippen LogP contribution in [-0.2, 0) is 4.74 Å². The van der Waals surface area contributed by atoms with Gasteiger partial charge >= 0.3 is 0 Å². The molecular formula is C14H23N3O2. The topological polar surface area (TPSA) is 51.4 Å². The Hall–Kier alpha value is -0.940. The normalized spacial score (nSPS) is 25.4. The van der Waals surface area contributed by atoms with Crippen molar-refractivity contribution in [2.75, 3.05) is 26.8 Å². The van der Waals surface area contributed by atoms with Gasteiger partial charge in [0.2, 0.25) is 11.8 Å². The fourth-order valence-corrected chi connectivity index (χ4v) is 2.95. The van der Waals surface area contributed by atoms with Gasteiger partial charge in [-0.2, -0.15) is 0 Å². The van der Waals surface area contributed by atoms with Crippen molar-refractivity contribution >= 4 is 0 Å². The van der Waals surface area contributed by atoms with Crippen LogP contribution in [0.4, 0.5) is 0 Å². The maximum absolute atomic E-state index is 5.93. The summed E-state index contributed by atoms with van der Waals surface area (Å²) in [5.74, 6) is 2.20. The first-order chi connectivity index (χ1) is 9.38. The monoisotopic (exact) mass is 265 g/mol. The summed E-state index contributed by atoms with van der Waals surface area (Å²) in [6, 6.07) is 0.297. The molecule has 1 saturated carbocycles. The number of methoxy groups -OCH3 is 1. The first kappa shape index (κ1) is 13.1. The molecule has 19 heavy (non-hydrogen) atoms. The Morgan fingerprint density at radius 3 is 2.74 bits per heavy atom. The lowest BCUT2D eigenvalue weighted by Gasteiger charge is -2.33. The van der Waals surface area contributed by atoms with Gasteiger partial charge in [-0.25, -0.2) is 0 Å². The number of hydrogen-bond donors (Lipinski definition) is 0. The molecule has 2 fully saturated rings. The van der Waals surface area contributed by atoms with Gasteiger partial charge in [0.25, 0.3) is 0 Å². The lowest BCUT2D eigenvalue weighted by atomic mass is 9.85. The summed E-state index contributed by atoms with van der Waals surface area (Å²) in [5, 5.41) is 8.56. The lowest BCUT2D eigenvalue weighted by molar-refractivity contribution is 0.0820. The van der Waals surface area contributed by atoms with E-state index in [0.717, 1.165) is 37.9 Å². The van der Waals surface area contributed by atoms with Gasteiger partial charge in [-0.3, -0.25) is 4.90 Å². The van der Waals surface area contributed by atoms with Crippen LogP contribution in [0.3, 0.4) is 0 Å². The SMILES string of the molecule is COCCN1CCCC[C@H]1c1nnc(C2CCC2)o1. The van der Waals surface area contributed by atoms with Crippen LogP contribution in [0.1, 0.15) is 62.3 Å². The minimum atomic E-state index is 0.297. The Morgan fingerprint density at radius 1 is 1.16 bits per heavy atom. The van der Waals surface area contributed by atoms with Crippen molar-refractivity contribution in [2.24, 2.45) is 0 Å². The average Bonchev–Trinajstić information content (AvgIpc) is 2.84. The molecule has 0 radical (unpaired) electrons. The van der Waals surface area contributed by atoms with Crippen molar-refractivity contribution in [3.05, 3.63) is 11.8 Å². The summed E-state index contributed by atoms with van der Waals surface area (Å²) in [5.41, 5.74) is 0. The molecule has 0 spiro atoms. The predicted molar refractivity (Wildman–Crippen MR) is 70.9 cm³/mol. The summed E-state index contributed by atoms with van der Waals surface area (Å²) in [6.07, 6.45) is 7.33. The molecule has 1 aliphatic carbocycles. The number of nitrogens with zero attached hydrogens (tertiary/aromatic N) is 3. The molecule has 0 unspecified atom stereocenters. The van der Waals surface area contributed by atoms with E-state index in [2.05, 4.69) is 15.1 Å². The number of rotatable bonds is 5. The zero-order chi connectivity index (χ0) is 13.1. The van der Waals surface area contributed by atoms with E-state index in [9.17, 15) is 0 Å². The molecule has 5 nitrogen and oxygen atoms in total. The van der Waals surface area contributed by atoms with Crippen molar-refractivity contribution < 1.29 is 9.15 Å². The largest absolute Gasteiger partial charge is 0.423 e. The van der Waals surface area contributed by atoms with E-state index in [1.165, 1.54) is 32.1 Å². The molecule has 106 valence electrons. The maximum Gasteiger partial charge on any atom is 0.233 e. The Labute approximate surface area is 114 Å². The zero-order valence-corrected chi connectivity index (χ0v) is 11.7. The molecule has 0 amide bonds. The molecule has 3 rings (SSSR count). The van der Waals surface area contributed by atoms with E-state index < -0.39 is 0 Å². The van der Waals surface area contributed by atoms with Gasteiger partial charge in [0, 0.05) is 19.6 Å². The smallest absolute Gasteiger partial charge is 0.233 e. The highest BCUT2D eigenvalue weighted by Gasteiger charge is 2.31. The molecule has 1 atom stereocenters. The van der Waals surface area contributed by atoms with Crippen LogP contribution >= 0.6 is 0 Å². The summed E-state index contributed by atoms with van der Waals surface area (Å²) < 4.78 is 11.1. The molecule has 5 heteroatoms. The average molecular weight is 265 g/mol. The second-order valence-corrected chi connectivity index (χ2v) is 5.65. The van der Waals surface area contributed by atoms with Crippen molar-refractivity contribution in [3.63, 3.8) is 0 Å². The van der Waals surface area contributed by atoms with Gasteiger partial charge in [0.05, 0.1) is 12.6 Å². The Balaban J connectivity index is 1.68. The molecule has 1 aromatic heterocycles. The predicted octanol–water partition coefficient (Wildman–Crippen LogP) is 2.51. The molecule has 0 aromatic carbocycles. The van der Waals surface area contributed by atoms with Gasteiger partial charge in [0.15, 0.2) is 0 Å². The highest BCUT2D eigenvalue weighted by atomic mass is 16.5. The highest BCUT2D eigenvalue weighted by molar-refractivity contribution is 4.99. The van der Waals surface area contributed by atoms with E-state index in [1.54, 1.807) is 7.11 Å². The molecule has 0 N–H and O–H groups in total. The summed E-state index contributed by atoms with van der Waals surface area (Å²) >= 11 is 0. The van der Waals surface area contributed by atoms with Crippen molar-refractivity contribution in [1.29, 1.82) is 0 Å². The van der Waals surface area contributed by atoms with Crippen molar-refractivity contribution in [1.82, 2.24) is 15.1 Å². The lowest BCUT2D eigenvalue weighted by Crippen LogP contribution is -2.36. The summed E-state index contributed by atoms with van der Waals surface area (Å²) in [4.78, 5) is 2.42. The van der Waals surface area contributed by atoms with Crippen LogP contribution in [0, 0.1) is 0 Å². The minimum Gasteiger partial charge on any atom is -0.423 e. The maximum atomic E-state index is 5.93. The summed E-state index contributed by atoms with van der Waals surface area (Å²) in [7, 11) is 1.75. The van der Waals surface area contributed by atoms with Gasteiger partial charge in [-0.05, 0) is 32.2 Å².